The number of sulfonamides is 1. The van der Waals surface area contributed by atoms with Crippen LogP contribution in [0.15, 0.2) is 54.7 Å². The highest BCUT2D eigenvalue weighted by atomic mass is 35.5. The summed E-state index contributed by atoms with van der Waals surface area (Å²) in [5, 5.41) is 1.40. The van der Waals surface area contributed by atoms with Gasteiger partial charge in [-0.1, -0.05) is 54.1 Å². The number of halogens is 1. The van der Waals surface area contributed by atoms with E-state index in [4.69, 9.17) is 11.6 Å². The van der Waals surface area contributed by atoms with Gasteiger partial charge in [0.1, 0.15) is 0 Å². The summed E-state index contributed by atoms with van der Waals surface area (Å²) >= 11 is 6.14. The van der Waals surface area contributed by atoms with Gasteiger partial charge in [0.25, 0.3) is 0 Å². The van der Waals surface area contributed by atoms with Crippen molar-refractivity contribution in [1.82, 2.24) is 4.98 Å². The Balaban J connectivity index is 1.99. The molecule has 0 fully saturated rings. The Hall–Kier alpha value is -1.98. The number of hydrogen-bond acceptors (Lipinski definition) is 2. The predicted molar refractivity (Wildman–Crippen MR) is 95.6 cm³/mol. The number of H-pyrrole nitrogens is 1. The minimum Gasteiger partial charge on any atom is -0.358 e. The third-order valence-electron chi connectivity index (χ3n) is 3.76. The molecule has 0 bridgehead atoms. The van der Waals surface area contributed by atoms with Crippen LogP contribution in [0.3, 0.4) is 0 Å². The van der Waals surface area contributed by atoms with Gasteiger partial charge in [-0.3, -0.25) is 4.31 Å². The fraction of sp³-hybridized carbons (Fsp3) is 0.176. The molecule has 1 N–H and O–H groups in total. The van der Waals surface area contributed by atoms with Gasteiger partial charge in [0.2, 0.25) is 10.0 Å². The van der Waals surface area contributed by atoms with Gasteiger partial charge in [-0.05, 0) is 18.1 Å². The van der Waals surface area contributed by atoms with Crippen LogP contribution in [0.1, 0.15) is 5.56 Å². The maximum atomic E-state index is 12.3. The van der Waals surface area contributed by atoms with Crippen molar-refractivity contribution in [1.29, 1.82) is 0 Å². The van der Waals surface area contributed by atoms with E-state index in [0.29, 0.717) is 23.7 Å². The zero-order valence-electron chi connectivity index (χ0n) is 12.7. The Labute approximate surface area is 140 Å². The summed E-state index contributed by atoms with van der Waals surface area (Å²) in [5.41, 5.74) is 2.45. The normalized spacial score (nSPS) is 11.7. The molecule has 0 spiro atoms. The first kappa shape index (κ1) is 15.9. The summed E-state index contributed by atoms with van der Waals surface area (Å²) in [6, 6.07) is 15.3. The predicted octanol–water partition coefficient (Wildman–Crippen LogP) is 3.83. The standard InChI is InChI=1S/C17H17ClN2O2S/c1-23(21,22)20(11-10-13-6-3-2-4-7-13)16-9-5-8-14-15(18)12-19-17(14)16/h2-9,12,19H,10-11H2,1H3. The van der Waals surface area contributed by atoms with Crippen molar-refractivity contribution in [3.63, 3.8) is 0 Å². The molecule has 1 aromatic heterocycles. The molecule has 1 heterocycles. The molecule has 0 amide bonds. The summed E-state index contributed by atoms with van der Waals surface area (Å²) in [5.74, 6) is 0. The Morgan fingerprint density at radius 3 is 2.52 bits per heavy atom. The van der Waals surface area contributed by atoms with Crippen LogP contribution in [0.5, 0.6) is 0 Å². The van der Waals surface area contributed by atoms with Crippen molar-refractivity contribution in [2.45, 2.75) is 6.42 Å². The van der Waals surface area contributed by atoms with Crippen molar-refractivity contribution in [3.8, 4) is 0 Å². The van der Waals surface area contributed by atoms with Crippen molar-refractivity contribution in [2.75, 3.05) is 17.1 Å². The summed E-state index contributed by atoms with van der Waals surface area (Å²) in [6.45, 7) is 0.374. The lowest BCUT2D eigenvalue weighted by Crippen LogP contribution is -2.32. The van der Waals surface area contributed by atoms with Gasteiger partial charge < -0.3 is 4.98 Å². The minimum atomic E-state index is -3.40. The van der Waals surface area contributed by atoms with Crippen molar-refractivity contribution in [2.24, 2.45) is 0 Å². The van der Waals surface area contributed by atoms with E-state index >= 15 is 0 Å². The van der Waals surface area contributed by atoms with Gasteiger partial charge in [0, 0.05) is 18.1 Å². The summed E-state index contributed by atoms with van der Waals surface area (Å²) in [7, 11) is -3.40. The van der Waals surface area contributed by atoms with Crippen LogP contribution in [-0.2, 0) is 16.4 Å². The molecule has 0 aliphatic carbocycles. The van der Waals surface area contributed by atoms with Crippen LogP contribution < -0.4 is 4.31 Å². The highest BCUT2D eigenvalue weighted by molar-refractivity contribution is 7.92. The molecule has 3 aromatic rings. The Bertz CT molecular complexity index is 920. The molecular formula is C17H17ClN2O2S. The van der Waals surface area contributed by atoms with Crippen LogP contribution in [0.2, 0.25) is 5.02 Å². The molecule has 0 atom stereocenters. The smallest absolute Gasteiger partial charge is 0.232 e. The molecule has 0 aliphatic rings. The molecular weight excluding hydrogens is 332 g/mol. The van der Waals surface area contributed by atoms with E-state index in [-0.39, 0.29) is 0 Å². The topological polar surface area (TPSA) is 53.2 Å². The van der Waals surface area contributed by atoms with Gasteiger partial charge in [-0.25, -0.2) is 8.42 Å². The van der Waals surface area contributed by atoms with Gasteiger partial charge in [-0.15, -0.1) is 0 Å². The SMILES string of the molecule is CS(=O)(=O)N(CCc1ccccc1)c1cccc2c(Cl)c[nH]c12. The summed E-state index contributed by atoms with van der Waals surface area (Å²) in [4.78, 5) is 3.07. The van der Waals surface area contributed by atoms with E-state index in [0.717, 1.165) is 16.5 Å². The Morgan fingerprint density at radius 1 is 1.09 bits per heavy atom. The highest BCUT2D eigenvalue weighted by Gasteiger charge is 2.20. The number of anilines is 1. The molecule has 0 saturated heterocycles. The lowest BCUT2D eigenvalue weighted by molar-refractivity contribution is 0.596. The number of hydrogen-bond donors (Lipinski definition) is 1. The van der Waals surface area contributed by atoms with Gasteiger partial charge in [-0.2, -0.15) is 0 Å². The maximum Gasteiger partial charge on any atom is 0.232 e. The zero-order valence-corrected chi connectivity index (χ0v) is 14.2. The van der Waals surface area contributed by atoms with Crippen LogP contribution in [0, 0.1) is 0 Å². The van der Waals surface area contributed by atoms with Gasteiger partial charge in [0.15, 0.2) is 0 Å². The fourth-order valence-electron chi connectivity index (χ4n) is 2.65. The zero-order chi connectivity index (χ0) is 16.4. The van der Waals surface area contributed by atoms with Gasteiger partial charge in [0.05, 0.1) is 22.5 Å². The molecule has 2 aromatic carbocycles. The van der Waals surface area contributed by atoms with Gasteiger partial charge >= 0.3 is 0 Å². The number of fused-ring (bicyclic) bond motifs is 1. The molecule has 0 radical (unpaired) electrons. The first-order valence-corrected chi connectivity index (χ1v) is 9.46. The Morgan fingerprint density at radius 2 is 1.83 bits per heavy atom. The van der Waals surface area contributed by atoms with Crippen LogP contribution in [0.25, 0.3) is 10.9 Å². The second-order valence-electron chi connectivity index (χ2n) is 5.41. The number of nitrogens with zero attached hydrogens (tertiary/aromatic N) is 1. The minimum absolute atomic E-state index is 0.374. The maximum absolute atomic E-state index is 12.3. The number of para-hydroxylation sites is 1. The monoisotopic (exact) mass is 348 g/mol. The molecule has 4 nitrogen and oxygen atoms in total. The van der Waals surface area contributed by atoms with E-state index in [9.17, 15) is 8.42 Å². The molecule has 120 valence electrons. The van der Waals surface area contributed by atoms with E-state index in [1.165, 1.54) is 10.6 Å². The molecule has 0 unspecified atom stereocenters. The first-order chi connectivity index (χ1) is 11.0. The number of aromatic amines is 1. The van der Waals surface area contributed by atoms with E-state index in [1.54, 1.807) is 12.3 Å². The number of nitrogens with one attached hydrogen (secondary N) is 1. The molecule has 23 heavy (non-hydrogen) atoms. The molecule has 6 heteroatoms. The van der Waals surface area contributed by atoms with E-state index in [2.05, 4.69) is 4.98 Å². The second-order valence-corrected chi connectivity index (χ2v) is 7.72. The summed E-state index contributed by atoms with van der Waals surface area (Å²) < 4.78 is 26.0. The lowest BCUT2D eigenvalue weighted by atomic mass is 10.1. The largest absolute Gasteiger partial charge is 0.358 e. The highest BCUT2D eigenvalue weighted by Crippen LogP contribution is 2.32. The van der Waals surface area contributed by atoms with Crippen molar-refractivity contribution >= 4 is 38.2 Å². The lowest BCUT2D eigenvalue weighted by Gasteiger charge is -2.23. The molecule has 0 aliphatic heterocycles. The average molecular weight is 349 g/mol. The van der Waals surface area contributed by atoms with E-state index in [1.807, 2.05) is 42.5 Å². The van der Waals surface area contributed by atoms with Crippen LogP contribution in [0.4, 0.5) is 5.69 Å². The van der Waals surface area contributed by atoms with Crippen molar-refractivity contribution < 1.29 is 8.42 Å². The Kier molecular flexibility index (Phi) is 4.33. The first-order valence-electron chi connectivity index (χ1n) is 7.24. The third-order valence-corrected chi connectivity index (χ3v) is 5.25. The molecule has 3 rings (SSSR count). The second kappa shape index (κ2) is 6.26. The van der Waals surface area contributed by atoms with Crippen LogP contribution >= 0.6 is 11.6 Å². The fourth-order valence-corrected chi connectivity index (χ4v) is 3.80. The third kappa shape index (κ3) is 3.35. The molecule has 0 saturated carbocycles. The van der Waals surface area contributed by atoms with Crippen molar-refractivity contribution in [3.05, 3.63) is 65.3 Å². The number of aromatic nitrogens is 1. The summed E-state index contributed by atoms with van der Waals surface area (Å²) in [6.07, 6.45) is 3.54. The number of rotatable bonds is 5. The average Bonchev–Trinajstić information content (AvgIpc) is 2.90. The number of benzene rings is 2. The van der Waals surface area contributed by atoms with E-state index < -0.39 is 10.0 Å². The van der Waals surface area contributed by atoms with Crippen LogP contribution in [-0.4, -0.2) is 26.2 Å². The quantitative estimate of drug-likeness (QED) is 0.761.